The molecule has 0 fully saturated rings. The summed E-state index contributed by atoms with van der Waals surface area (Å²) in [6.45, 7) is 0.424. The molecule has 2 N–H and O–H groups in total. The molecule has 0 radical (unpaired) electrons. The molecule has 0 bridgehead atoms. The number of fused-ring (bicyclic) bond motifs is 1. The van der Waals surface area contributed by atoms with E-state index >= 15 is 0 Å². The van der Waals surface area contributed by atoms with Gasteiger partial charge in [-0.1, -0.05) is 12.1 Å². The highest BCUT2D eigenvalue weighted by Crippen LogP contribution is 2.38. The van der Waals surface area contributed by atoms with Crippen molar-refractivity contribution in [2.24, 2.45) is 0 Å². The lowest BCUT2D eigenvalue weighted by Crippen LogP contribution is -2.35. The van der Waals surface area contributed by atoms with Gasteiger partial charge >= 0.3 is 12.1 Å². The predicted octanol–water partition coefficient (Wildman–Crippen LogP) is 3.16. The number of carbonyl (C=O) groups is 2. The molecule has 2 aromatic carbocycles. The monoisotopic (exact) mass is 359 g/mol. The maximum atomic E-state index is 14.8. The van der Waals surface area contributed by atoms with Crippen LogP contribution in [0.5, 0.6) is 5.75 Å². The second kappa shape index (κ2) is 7.03. The van der Waals surface area contributed by atoms with Gasteiger partial charge in [0.15, 0.2) is 0 Å². The minimum absolute atomic E-state index is 0.0735. The van der Waals surface area contributed by atoms with E-state index in [1.165, 1.54) is 18.1 Å². The predicted molar refractivity (Wildman–Crippen MR) is 91.9 cm³/mol. The van der Waals surface area contributed by atoms with Crippen LogP contribution in [0.4, 0.5) is 9.18 Å². The summed E-state index contributed by atoms with van der Waals surface area (Å²) in [6.07, 6.45) is -0.765. The van der Waals surface area contributed by atoms with Crippen LogP contribution in [-0.2, 0) is 24.2 Å². The highest BCUT2D eigenvalue weighted by atomic mass is 19.1. The molecule has 136 valence electrons. The Morgan fingerprint density at radius 1 is 1.23 bits per heavy atom. The first-order valence-electron chi connectivity index (χ1n) is 8.08. The maximum Gasteiger partial charge on any atom is 0.407 e. The lowest BCUT2D eigenvalue weighted by atomic mass is 9.89. The Kier molecular flexibility index (Phi) is 4.79. The molecule has 26 heavy (non-hydrogen) atoms. The number of hydrogen-bond acceptors (Lipinski definition) is 3. The zero-order valence-corrected chi connectivity index (χ0v) is 14.2. The lowest BCUT2D eigenvalue weighted by molar-refractivity contribution is -0.136. The Bertz CT molecular complexity index is 880. The fourth-order valence-electron chi connectivity index (χ4n) is 3.29. The van der Waals surface area contributed by atoms with Gasteiger partial charge in [0.25, 0.3) is 0 Å². The maximum absolute atomic E-state index is 14.8. The summed E-state index contributed by atoms with van der Waals surface area (Å²) in [5.41, 5.74) is 2.66. The van der Waals surface area contributed by atoms with Gasteiger partial charge in [-0.05, 0) is 41.3 Å². The lowest BCUT2D eigenvalue weighted by Gasteiger charge is -2.29. The molecule has 0 spiro atoms. The number of halogens is 1. The van der Waals surface area contributed by atoms with Crippen LogP contribution < -0.4 is 4.74 Å². The van der Waals surface area contributed by atoms with Crippen LogP contribution in [0.2, 0.25) is 0 Å². The fraction of sp³-hybridized carbons (Fsp3) is 0.263. The van der Waals surface area contributed by atoms with Crippen molar-refractivity contribution in [3.63, 3.8) is 0 Å². The van der Waals surface area contributed by atoms with Crippen molar-refractivity contribution < 1.29 is 28.9 Å². The van der Waals surface area contributed by atoms with Crippen molar-refractivity contribution in [3.8, 4) is 16.9 Å². The number of ether oxygens (including phenoxy) is 1. The number of carboxylic acids is 1. The van der Waals surface area contributed by atoms with E-state index in [-0.39, 0.29) is 18.5 Å². The van der Waals surface area contributed by atoms with Crippen molar-refractivity contribution in [2.45, 2.75) is 19.4 Å². The first-order chi connectivity index (χ1) is 12.4. The van der Waals surface area contributed by atoms with Gasteiger partial charge in [0, 0.05) is 24.2 Å². The quantitative estimate of drug-likeness (QED) is 0.876. The Morgan fingerprint density at radius 2 is 2.00 bits per heavy atom. The van der Waals surface area contributed by atoms with E-state index in [1.54, 1.807) is 24.3 Å². The van der Waals surface area contributed by atoms with E-state index in [4.69, 9.17) is 9.84 Å². The van der Waals surface area contributed by atoms with Gasteiger partial charge in [-0.2, -0.15) is 0 Å². The Balaban J connectivity index is 2.18. The summed E-state index contributed by atoms with van der Waals surface area (Å²) < 4.78 is 20.1. The molecule has 0 aromatic heterocycles. The second-order valence-corrected chi connectivity index (χ2v) is 6.12. The summed E-state index contributed by atoms with van der Waals surface area (Å²) in [6, 6.07) is 7.83. The summed E-state index contributed by atoms with van der Waals surface area (Å²) in [5.74, 6) is -1.09. The smallest absolute Gasteiger partial charge is 0.407 e. The molecule has 1 aliphatic rings. The minimum atomic E-state index is -1.06. The van der Waals surface area contributed by atoms with E-state index in [0.29, 0.717) is 35.4 Å². The third kappa shape index (κ3) is 3.33. The van der Waals surface area contributed by atoms with Crippen molar-refractivity contribution >= 4 is 12.1 Å². The zero-order chi connectivity index (χ0) is 18.8. The molecule has 2 aromatic rings. The van der Waals surface area contributed by atoms with Gasteiger partial charge in [0.2, 0.25) is 0 Å². The Morgan fingerprint density at radius 3 is 2.65 bits per heavy atom. The summed E-state index contributed by atoms with van der Waals surface area (Å²) in [5, 5.41) is 18.3. The second-order valence-electron chi connectivity index (χ2n) is 6.12. The van der Waals surface area contributed by atoms with E-state index < -0.39 is 17.9 Å². The molecule has 1 amide bonds. The fourth-order valence-corrected chi connectivity index (χ4v) is 3.29. The summed E-state index contributed by atoms with van der Waals surface area (Å²) in [7, 11) is 1.45. The van der Waals surface area contributed by atoms with E-state index in [9.17, 15) is 19.1 Å². The molecule has 1 aliphatic heterocycles. The van der Waals surface area contributed by atoms with E-state index in [2.05, 4.69) is 0 Å². The first kappa shape index (κ1) is 17.7. The Labute approximate surface area is 149 Å². The van der Waals surface area contributed by atoms with Gasteiger partial charge in [0.1, 0.15) is 11.6 Å². The number of carboxylic acid groups (broad SMARTS) is 2. The van der Waals surface area contributed by atoms with Gasteiger partial charge in [0.05, 0.1) is 13.5 Å². The van der Waals surface area contributed by atoms with Gasteiger partial charge < -0.3 is 19.8 Å². The van der Waals surface area contributed by atoms with Crippen molar-refractivity contribution in [1.82, 2.24) is 4.90 Å². The average molecular weight is 359 g/mol. The van der Waals surface area contributed by atoms with Crippen molar-refractivity contribution in [2.75, 3.05) is 13.7 Å². The number of rotatable bonds is 4. The number of methoxy groups -OCH3 is 1. The molecule has 1 heterocycles. The van der Waals surface area contributed by atoms with Gasteiger partial charge in [-0.3, -0.25) is 4.79 Å². The average Bonchev–Trinajstić information content (AvgIpc) is 2.60. The number of benzene rings is 2. The van der Waals surface area contributed by atoms with Crippen LogP contribution in [0.25, 0.3) is 11.1 Å². The normalized spacial score (nSPS) is 13.2. The van der Waals surface area contributed by atoms with Gasteiger partial charge in [-0.15, -0.1) is 0 Å². The molecule has 0 saturated carbocycles. The standard InChI is InChI=1S/C19H18FNO5/c1-26-16-5-2-11(9-17(22)23)8-13(16)18-14-10-21(19(24)25)7-6-12(14)3-4-15(18)20/h2-5,8H,6-7,9-10H2,1H3,(H,22,23)(H,24,25). The molecular weight excluding hydrogens is 341 g/mol. The van der Waals surface area contributed by atoms with E-state index in [1.807, 2.05) is 0 Å². The molecule has 0 atom stereocenters. The van der Waals surface area contributed by atoms with Crippen LogP contribution in [0.3, 0.4) is 0 Å². The van der Waals surface area contributed by atoms with Crippen molar-refractivity contribution in [3.05, 3.63) is 52.8 Å². The summed E-state index contributed by atoms with van der Waals surface area (Å²) in [4.78, 5) is 23.6. The third-order valence-corrected chi connectivity index (χ3v) is 4.52. The molecule has 0 unspecified atom stereocenters. The molecule has 3 rings (SSSR count). The third-order valence-electron chi connectivity index (χ3n) is 4.52. The highest BCUT2D eigenvalue weighted by Gasteiger charge is 2.26. The van der Waals surface area contributed by atoms with Crippen molar-refractivity contribution in [1.29, 1.82) is 0 Å². The number of hydrogen-bond donors (Lipinski definition) is 2. The first-order valence-corrected chi connectivity index (χ1v) is 8.08. The molecule has 7 heteroatoms. The highest BCUT2D eigenvalue weighted by molar-refractivity contribution is 5.78. The number of amides is 1. The van der Waals surface area contributed by atoms with Crippen LogP contribution in [0.1, 0.15) is 16.7 Å². The van der Waals surface area contributed by atoms with Crippen LogP contribution in [-0.4, -0.2) is 40.8 Å². The molecule has 0 aliphatic carbocycles. The van der Waals surface area contributed by atoms with E-state index in [0.717, 1.165) is 5.56 Å². The molecule has 0 saturated heterocycles. The van der Waals surface area contributed by atoms with Crippen LogP contribution in [0.15, 0.2) is 30.3 Å². The van der Waals surface area contributed by atoms with Gasteiger partial charge in [-0.25, -0.2) is 9.18 Å². The largest absolute Gasteiger partial charge is 0.496 e. The minimum Gasteiger partial charge on any atom is -0.496 e. The number of aliphatic carboxylic acids is 1. The zero-order valence-electron chi connectivity index (χ0n) is 14.2. The number of nitrogens with zero attached hydrogens (tertiary/aromatic N) is 1. The summed E-state index contributed by atoms with van der Waals surface area (Å²) >= 11 is 0. The van der Waals surface area contributed by atoms with Crippen LogP contribution in [0, 0.1) is 5.82 Å². The van der Waals surface area contributed by atoms with Crippen LogP contribution >= 0.6 is 0 Å². The topological polar surface area (TPSA) is 87.1 Å². The SMILES string of the molecule is COc1ccc(CC(=O)O)cc1-c1c(F)ccc2c1CN(C(=O)O)CC2. The Hall–Kier alpha value is -3.09. The molecular formula is C19H18FNO5. The molecule has 6 nitrogen and oxygen atoms in total.